The Morgan fingerprint density at radius 3 is 2.30 bits per heavy atom. The molecule has 3 N–H and O–H groups in total. The molecule has 0 fully saturated rings. The summed E-state index contributed by atoms with van der Waals surface area (Å²) in [4.78, 5) is 4.58. The van der Waals surface area contributed by atoms with Gasteiger partial charge in [0.2, 0.25) is 10.0 Å². The van der Waals surface area contributed by atoms with Crippen molar-refractivity contribution in [2.24, 2.45) is 4.99 Å². The predicted octanol–water partition coefficient (Wildman–Crippen LogP) is 2.88. The lowest BCUT2D eigenvalue weighted by Crippen LogP contribution is -2.38. The highest BCUT2D eigenvalue weighted by atomic mass is 127. The van der Waals surface area contributed by atoms with Crippen molar-refractivity contribution in [3.8, 4) is 5.75 Å². The molecule has 0 heterocycles. The third-order valence-corrected chi connectivity index (χ3v) is 5.42. The summed E-state index contributed by atoms with van der Waals surface area (Å²) in [6.45, 7) is 4.68. The summed E-state index contributed by atoms with van der Waals surface area (Å²) in [6.07, 6.45) is 0.855. The SMILES string of the molecule is CCNC(=NCc1ccc(CS(=O)(=O)NC)cc1)NCCCOc1ccccc1.I. The van der Waals surface area contributed by atoms with Crippen LogP contribution in [0, 0.1) is 0 Å². The summed E-state index contributed by atoms with van der Waals surface area (Å²) >= 11 is 0. The van der Waals surface area contributed by atoms with Crippen LogP contribution in [-0.2, 0) is 22.3 Å². The standard InChI is InChI=1S/C21H30N4O3S.HI/c1-3-23-21(24-14-7-15-28-20-8-5-4-6-9-20)25-16-18-10-12-19(13-11-18)17-29(26,27)22-2;/h4-6,8-13,22H,3,7,14-17H2,1-2H3,(H2,23,24,25);1H. The molecule has 0 saturated heterocycles. The van der Waals surface area contributed by atoms with Gasteiger partial charge in [-0.15, -0.1) is 24.0 Å². The molecular formula is C21H31IN4O3S. The normalized spacial score (nSPS) is 11.5. The van der Waals surface area contributed by atoms with E-state index in [2.05, 4.69) is 20.3 Å². The molecular weight excluding hydrogens is 515 g/mol. The number of rotatable bonds is 11. The smallest absolute Gasteiger partial charge is 0.215 e. The molecule has 7 nitrogen and oxygen atoms in total. The molecule has 0 amide bonds. The van der Waals surface area contributed by atoms with Crippen molar-refractivity contribution >= 4 is 40.0 Å². The predicted molar refractivity (Wildman–Crippen MR) is 133 cm³/mol. The van der Waals surface area contributed by atoms with Crippen molar-refractivity contribution < 1.29 is 13.2 Å². The summed E-state index contributed by atoms with van der Waals surface area (Å²) in [5.74, 6) is 1.59. The van der Waals surface area contributed by atoms with E-state index in [1.807, 2.05) is 61.5 Å². The molecule has 0 atom stereocenters. The molecule has 30 heavy (non-hydrogen) atoms. The van der Waals surface area contributed by atoms with E-state index in [9.17, 15) is 8.42 Å². The van der Waals surface area contributed by atoms with Crippen molar-refractivity contribution in [1.29, 1.82) is 0 Å². The molecule has 9 heteroatoms. The minimum Gasteiger partial charge on any atom is -0.494 e. The van der Waals surface area contributed by atoms with E-state index in [1.54, 1.807) is 0 Å². The molecule has 0 saturated carbocycles. The van der Waals surface area contributed by atoms with Gasteiger partial charge in [-0.2, -0.15) is 0 Å². The third kappa shape index (κ3) is 10.3. The number of sulfonamides is 1. The number of guanidine groups is 1. The highest BCUT2D eigenvalue weighted by Gasteiger charge is 2.08. The Morgan fingerprint density at radius 2 is 1.67 bits per heavy atom. The molecule has 0 radical (unpaired) electrons. The molecule has 2 aromatic carbocycles. The van der Waals surface area contributed by atoms with E-state index < -0.39 is 10.0 Å². The number of benzene rings is 2. The topological polar surface area (TPSA) is 91.8 Å². The fourth-order valence-electron chi connectivity index (χ4n) is 2.53. The van der Waals surface area contributed by atoms with Crippen LogP contribution in [-0.4, -0.2) is 41.1 Å². The van der Waals surface area contributed by atoms with Gasteiger partial charge in [0.25, 0.3) is 0 Å². The molecule has 0 unspecified atom stereocenters. The van der Waals surface area contributed by atoms with Gasteiger partial charge in [-0.1, -0.05) is 42.5 Å². The summed E-state index contributed by atoms with van der Waals surface area (Å²) in [7, 11) is -1.84. The van der Waals surface area contributed by atoms with Crippen molar-refractivity contribution in [2.75, 3.05) is 26.7 Å². The summed E-state index contributed by atoms with van der Waals surface area (Å²) in [5, 5.41) is 6.52. The van der Waals surface area contributed by atoms with Gasteiger partial charge in [-0.25, -0.2) is 18.1 Å². The highest BCUT2D eigenvalue weighted by Crippen LogP contribution is 2.09. The second-order valence-electron chi connectivity index (χ2n) is 6.42. The van der Waals surface area contributed by atoms with E-state index in [-0.39, 0.29) is 29.7 Å². The molecule has 0 aromatic heterocycles. The molecule has 0 aliphatic carbocycles. The van der Waals surface area contributed by atoms with E-state index >= 15 is 0 Å². The zero-order valence-electron chi connectivity index (χ0n) is 17.4. The van der Waals surface area contributed by atoms with E-state index in [4.69, 9.17) is 4.74 Å². The minimum atomic E-state index is -3.26. The van der Waals surface area contributed by atoms with Gasteiger partial charge in [-0.3, -0.25) is 0 Å². The maximum atomic E-state index is 11.6. The lowest BCUT2D eigenvalue weighted by Gasteiger charge is -2.12. The fraction of sp³-hybridized carbons (Fsp3) is 0.381. The summed E-state index contributed by atoms with van der Waals surface area (Å²) in [6, 6.07) is 17.2. The van der Waals surface area contributed by atoms with Crippen LogP contribution < -0.4 is 20.1 Å². The largest absolute Gasteiger partial charge is 0.494 e. The lowest BCUT2D eigenvalue weighted by atomic mass is 10.1. The van der Waals surface area contributed by atoms with Gasteiger partial charge in [0.1, 0.15) is 5.75 Å². The lowest BCUT2D eigenvalue weighted by molar-refractivity contribution is 0.311. The van der Waals surface area contributed by atoms with Gasteiger partial charge in [0, 0.05) is 13.1 Å². The van der Waals surface area contributed by atoms with Crippen LogP contribution >= 0.6 is 24.0 Å². The average molecular weight is 546 g/mol. The number of nitrogens with one attached hydrogen (secondary N) is 3. The number of aliphatic imine (C=N–C) groups is 1. The van der Waals surface area contributed by atoms with Crippen molar-refractivity contribution in [3.63, 3.8) is 0 Å². The van der Waals surface area contributed by atoms with Crippen molar-refractivity contribution in [3.05, 3.63) is 65.7 Å². The van der Waals surface area contributed by atoms with Gasteiger partial charge in [-0.05, 0) is 43.7 Å². The fourth-order valence-corrected chi connectivity index (χ4v) is 3.31. The summed E-state index contributed by atoms with van der Waals surface area (Å²) in [5.41, 5.74) is 1.76. The first-order valence-electron chi connectivity index (χ1n) is 9.71. The van der Waals surface area contributed by atoms with Crippen molar-refractivity contribution in [2.45, 2.75) is 25.6 Å². The number of ether oxygens (including phenoxy) is 1. The first kappa shape index (κ1) is 26.2. The van der Waals surface area contributed by atoms with Gasteiger partial charge < -0.3 is 15.4 Å². The number of nitrogens with zero attached hydrogens (tertiary/aromatic N) is 1. The summed E-state index contributed by atoms with van der Waals surface area (Å²) < 4.78 is 31.2. The maximum Gasteiger partial charge on any atom is 0.215 e. The molecule has 2 aromatic rings. The van der Waals surface area contributed by atoms with Crippen LogP contribution in [0.15, 0.2) is 59.6 Å². The number of hydrogen-bond donors (Lipinski definition) is 3. The van der Waals surface area contributed by atoms with Crippen molar-refractivity contribution in [1.82, 2.24) is 15.4 Å². The third-order valence-electron chi connectivity index (χ3n) is 4.08. The van der Waals surface area contributed by atoms with Gasteiger partial charge >= 0.3 is 0 Å². The zero-order valence-corrected chi connectivity index (χ0v) is 20.6. The molecule has 0 spiro atoms. The monoisotopic (exact) mass is 546 g/mol. The highest BCUT2D eigenvalue weighted by molar-refractivity contribution is 14.0. The minimum absolute atomic E-state index is 0. The van der Waals surface area contributed by atoms with E-state index in [0.717, 1.165) is 42.3 Å². The van der Waals surface area contributed by atoms with Crippen LogP contribution in [0.2, 0.25) is 0 Å². The Morgan fingerprint density at radius 1 is 1.00 bits per heavy atom. The van der Waals surface area contributed by atoms with Crippen LogP contribution in [0.25, 0.3) is 0 Å². The van der Waals surface area contributed by atoms with Crippen LogP contribution in [0.4, 0.5) is 0 Å². The Kier molecular flexibility index (Phi) is 12.4. The Labute approximate surface area is 196 Å². The molecule has 166 valence electrons. The van der Waals surface area contributed by atoms with E-state index in [0.29, 0.717) is 13.2 Å². The quantitative estimate of drug-likeness (QED) is 0.175. The van der Waals surface area contributed by atoms with Gasteiger partial charge in [0.05, 0.1) is 18.9 Å². The molecule has 0 bridgehead atoms. The second-order valence-corrected chi connectivity index (χ2v) is 8.34. The van der Waals surface area contributed by atoms with E-state index in [1.165, 1.54) is 7.05 Å². The van der Waals surface area contributed by atoms with Gasteiger partial charge in [0.15, 0.2) is 5.96 Å². The maximum absolute atomic E-state index is 11.6. The Balaban J connectivity index is 0.00000450. The van der Waals surface area contributed by atoms with Crippen LogP contribution in [0.1, 0.15) is 24.5 Å². The Hall–Kier alpha value is -1.85. The average Bonchev–Trinajstić information content (AvgIpc) is 2.73. The molecule has 0 aliphatic heterocycles. The first-order valence-corrected chi connectivity index (χ1v) is 11.4. The second kappa shape index (κ2) is 14.2. The zero-order chi connectivity index (χ0) is 21.0. The van der Waals surface area contributed by atoms with Crippen LogP contribution in [0.5, 0.6) is 5.75 Å². The number of hydrogen-bond acceptors (Lipinski definition) is 4. The number of halogens is 1. The van der Waals surface area contributed by atoms with Crippen LogP contribution in [0.3, 0.4) is 0 Å². The Bertz CT molecular complexity index is 860. The first-order chi connectivity index (χ1) is 14.0. The molecule has 0 aliphatic rings. The molecule has 2 rings (SSSR count). The number of para-hydroxylation sites is 1.